The second-order valence-electron chi connectivity index (χ2n) is 10.1. The quantitative estimate of drug-likeness (QED) is 0.334. The van der Waals surface area contributed by atoms with Crippen molar-refractivity contribution in [3.8, 4) is 5.75 Å². The van der Waals surface area contributed by atoms with Crippen LogP contribution in [0.1, 0.15) is 42.3 Å². The van der Waals surface area contributed by atoms with E-state index in [1.165, 1.54) is 23.5 Å². The molecule has 0 saturated carbocycles. The van der Waals surface area contributed by atoms with E-state index in [1.54, 1.807) is 30.1 Å². The van der Waals surface area contributed by atoms with E-state index in [0.717, 1.165) is 11.1 Å². The predicted octanol–water partition coefficient (Wildman–Crippen LogP) is 4.65. The molecule has 0 radical (unpaired) electrons. The summed E-state index contributed by atoms with van der Waals surface area (Å²) in [6, 6.07) is 22.6. The van der Waals surface area contributed by atoms with Crippen molar-refractivity contribution in [2.45, 2.75) is 50.7 Å². The molecular formula is C31H40N2O5S. The Morgan fingerprint density at radius 2 is 1.54 bits per heavy atom. The lowest BCUT2D eigenvalue weighted by molar-refractivity contribution is 0.0369. The van der Waals surface area contributed by atoms with Crippen molar-refractivity contribution >= 4 is 15.9 Å². The van der Waals surface area contributed by atoms with Crippen LogP contribution >= 0.6 is 0 Å². The fourth-order valence-electron chi connectivity index (χ4n) is 4.67. The van der Waals surface area contributed by atoms with Gasteiger partial charge in [0, 0.05) is 25.7 Å². The van der Waals surface area contributed by atoms with Crippen LogP contribution in [0.15, 0.2) is 83.8 Å². The lowest BCUT2D eigenvalue weighted by atomic mass is 9.97. The number of carbonyl (C=O) groups excluding carboxylic acids is 1. The summed E-state index contributed by atoms with van der Waals surface area (Å²) in [7, 11) is -0.718. The highest BCUT2D eigenvalue weighted by Gasteiger charge is 2.34. The summed E-state index contributed by atoms with van der Waals surface area (Å²) >= 11 is 0. The van der Waals surface area contributed by atoms with E-state index in [9.17, 15) is 18.3 Å². The number of rotatable bonds is 13. The number of aryl methyl sites for hydroxylation is 1. The van der Waals surface area contributed by atoms with E-state index >= 15 is 0 Å². The zero-order valence-corrected chi connectivity index (χ0v) is 24.3. The highest BCUT2D eigenvalue weighted by atomic mass is 32.2. The fraction of sp³-hybridized carbons (Fsp3) is 0.387. The monoisotopic (exact) mass is 552 g/mol. The van der Waals surface area contributed by atoms with Crippen LogP contribution in [0.5, 0.6) is 5.75 Å². The molecule has 0 unspecified atom stereocenters. The Bertz CT molecular complexity index is 1310. The maximum atomic E-state index is 13.7. The van der Waals surface area contributed by atoms with Crippen LogP contribution in [0.4, 0.5) is 0 Å². The molecule has 0 heterocycles. The van der Waals surface area contributed by atoms with Crippen molar-refractivity contribution in [2.24, 2.45) is 5.92 Å². The standard InChI is InChI=1S/C31H40N2O5S/c1-6-25-14-10-11-15-28(25)31(35)32(4)29(20-24-12-8-7-9-13-24)30(34)22-33(21-23(2)3)39(36,37)27-18-16-26(38-5)17-19-27/h7-19,23,29-30,34H,6,20-22H2,1-5H3/t29-,30+/m0/s1. The van der Waals surface area contributed by atoms with Crippen molar-refractivity contribution < 1.29 is 23.1 Å². The molecule has 0 fully saturated rings. The molecule has 3 aromatic carbocycles. The summed E-state index contributed by atoms with van der Waals surface area (Å²) in [6.07, 6.45) is -0.0691. The fourth-order valence-corrected chi connectivity index (χ4v) is 6.29. The number of carbonyl (C=O) groups is 1. The van der Waals surface area contributed by atoms with E-state index in [4.69, 9.17) is 4.74 Å². The molecule has 1 amide bonds. The van der Waals surface area contributed by atoms with Gasteiger partial charge in [0.25, 0.3) is 5.91 Å². The lowest BCUT2D eigenvalue weighted by Crippen LogP contribution is -2.51. The molecule has 0 saturated heterocycles. The van der Waals surface area contributed by atoms with Gasteiger partial charge in [-0.15, -0.1) is 0 Å². The average molecular weight is 553 g/mol. The summed E-state index contributed by atoms with van der Waals surface area (Å²) < 4.78 is 33.9. The van der Waals surface area contributed by atoms with E-state index in [2.05, 4.69) is 0 Å². The normalized spacial score (nSPS) is 13.3. The zero-order valence-electron chi connectivity index (χ0n) is 23.4. The predicted molar refractivity (Wildman–Crippen MR) is 154 cm³/mol. The summed E-state index contributed by atoms with van der Waals surface area (Å²) in [5, 5.41) is 11.6. The highest BCUT2D eigenvalue weighted by molar-refractivity contribution is 7.89. The summed E-state index contributed by atoms with van der Waals surface area (Å²) in [6.45, 7) is 5.93. The first-order chi connectivity index (χ1) is 18.6. The smallest absolute Gasteiger partial charge is 0.254 e. The molecule has 0 bridgehead atoms. The molecule has 210 valence electrons. The summed E-state index contributed by atoms with van der Waals surface area (Å²) in [5.41, 5.74) is 2.45. The highest BCUT2D eigenvalue weighted by Crippen LogP contribution is 2.23. The van der Waals surface area contributed by atoms with Crippen molar-refractivity contribution in [3.05, 3.63) is 95.6 Å². The number of aliphatic hydroxyl groups is 1. The molecule has 8 heteroatoms. The van der Waals surface area contributed by atoms with Gasteiger partial charge in [-0.3, -0.25) is 4.79 Å². The molecule has 1 N–H and O–H groups in total. The van der Waals surface area contributed by atoms with Gasteiger partial charge in [-0.2, -0.15) is 4.31 Å². The van der Waals surface area contributed by atoms with Gasteiger partial charge in [-0.1, -0.05) is 69.3 Å². The van der Waals surface area contributed by atoms with Crippen LogP contribution in [0.25, 0.3) is 0 Å². The van der Waals surface area contributed by atoms with Gasteiger partial charge in [0.1, 0.15) is 5.75 Å². The average Bonchev–Trinajstić information content (AvgIpc) is 2.95. The Labute approximate surface area is 233 Å². The first-order valence-electron chi connectivity index (χ1n) is 13.3. The molecule has 39 heavy (non-hydrogen) atoms. The van der Waals surface area contributed by atoms with Crippen LogP contribution in [0.3, 0.4) is 0 Å². The van der Waals surface area contributed by atoms with Crippen LogP contribution in [-0.2, 0) is 22.9 Å². The van der Waals surface area contributed by atoms with Crippen molar-refractivity contribution in [1.29, 1.82) is 0 Å². The van der Waals surface area contributed by atoms with Crippen molar-refractivity contribution in [1.82, 2.24) is 9.21 Å². The van der Waals surface area contributed by atoms with E-state index in [-0.39, 0.29) is 29.8 Å². The number of aliphatic hydroxyl groups excluding tert-OH is 1. The number of hydrogen-bond acceptors (Lipinski definition) is 5. The van der Waals surface area contributed by atoms with Crippen LogP contribution in [-0.4, -0.2) is 68.0 Å². The van der Waals surface area contributed by atoms with Crippen LogP contribution < -0.4 is 4.74 Å². The van der Waals surface area contributed by atoms with Gasteiger partial charge >= 0.3 is 0 Å². The number of ether oxygens (including phenoxy) is 1. The number of likely N-dealkylation sites (N-methyl/N-ethyl adjacent to an activating group) is 1. The van der Waals surface area contributed by atoms with Crippen LogP contribution in [0, 0.1) is 5.92 Å². The molecule has 0 aliphatic carbocycles. The first kappa shape index (κ1) is 30.3. The number of nitrogens with zero attached hydrogens (tertiary/aromatic N) is 2. The molecule has 0 aliphatic rings. The topological polar surface area (TPSA) is 87.2 Å². The molecule has 2 atom stereocenters. The Morgan fingerprint density at radius 1 is 0.923 bits per heavy atom. The minimum atomic E-state index is -3.92. The number of benzene rings is 3. The van der Waals surface area contributed by atoms with Gasteiger partial charge in [-0.25, -0.2) is 8.42 Å². The molecule has 3 aromatic rings. The maximum absolute atomic E-state index is 13.7. The van der Waals surface area contributed by atoms with Gasteiger partial charge in [0.2, 0.25) is 10.0 Å². The minimum absolute atomic E-state index is 0.0218. The number of hydrogen-bond donors (Lipinski definition) is 1. The first-order valence-corrected chi connectivity index (χ1v) is 14.7. The number of methoxy groups -OCH3 is 1. The zero-order chi connectivity index (χ0) is 28.6. The van der Waals surface area contributed by atoms with E-state index in [1.807, 2.05) is 69.3 Å². The second kappa shape index (κ2) is 13.7. The molecular weight excluding hydrogens is 512 g/mol. The SMILES string of the molecule is CCc1ccccc1C(=O)N(C)[C@@H](Cc1ccccc1)[C@H](O)CN(CC(C)C)S(=O)(=O)c1ccc(OC)cc1. The molecule has 7 nitrogen and oxygen atoms in total. The maximum Gasteiger partial charge on any atom is 0.254 e. The Morgan fingerprint density at radius 3 is 2.13 bits per heavy atom. The molecule has 3 rings (SSSR count). The Balaban J connectivity index is 1.96. The third-order valence-corrected chi connectivity index (χ3v) is 8.68. The van der Waals surface area contributed by atoms with Crippen LogP contribution in [0.2, 0.25) is 0 Å². The number of sulfonamides is 1. The van der Waals surface area contributed by atoms with Gasteiger partial charge in [0.05, 0.1) is 24.2 Å². The van der Waals surface area contributed by atoms with E-state index < -0.39 is 22.2 Å². The Kier molecular flexibility index (Phi) is 10.7. The van der Waals surface area contributed by atoms with Crippen molar-refractivity contribution in [3.63, 3.8) is 0 Å². The number of amides is 1. The molecule has 0 aliphatic heterocycles. The van der Waals surface area contributed by atoms with E-state index in [0.29, 0.717) is 24.2 Å². The van der Waals surface area contributed by atoms with Gasteiger partial charge in [0.15, 0.2) is 0 Å². The lowest BCUT2D eigenvalue weighted by Gasteiger charge is -2.35. The van der Waals surface area contributed by atoms with Gasteiger partial charge in [-0.05, 0) is 60.2 Å². The Hall–Kier alpha value is -3.20. The second-order valence-corrected chi connectivity index (χ2v) is 12.1. The largest absolute Gasteiger partial charge is 0.497 e. The van der Waals surface area contributed by atoms with Gasteiger partial charge < -0.3 is 14.7 Å². The third-order valence-electron chi connectivity index (χ3n) is 6.83. The summed E-state index contributed by atoms with van der Waals surface area (Å²) in [4.78, 5) is 15.4. The van der Waals surface area contributed by atoms with Crippen molar-refractivity contribution in [2.75, 3.05) is 27.2 Å². The molecule has 0 spiro atoms. The summed E-state index contributed by atoms with van der Waals surface area (Å²) in [5.74, 6) is 0.370. The molecule has 0 aromatic heterocycles. The third kappa shape index (κ3) is 7.68. The minimum Gasteiger partial charge on any atom is -0.497 e.